The van der Waals surface area contributed by atoms with E-state index in [-0.39, 0.29) is 18.0 Å². The van der Waals surface area contributed by atoms with Gasteiger partial charge in [0.2, 0.25) is 0 Å². The average Bonchev–Trinajstić information content (AvgIpc) is 2.34. The van der Waals surface area contributed by atoms with Crippen molar-refractivity contribution in [3.8, 4) is 0 Å². The number of carboxylic acids is 1. The fraction of sp³-hybridized carbons (Fsp3) is 0.846. The summed E-state index contributed by atoms with van der Waals surface area (Å²) in [5, 5.41) is 12.5. The van der Waals surface area contributed by atoms with Crippen molar-refractivity contribution in [2.75, 3.05) is 26.7 Å². The molecule has 1 heterocycles. The van der Waals surface area contributed by atoms with Gasteiger partial charge in [-0.25, -0.2) is 4.79 Å². The molecule has 1 saturated heterocycles. The second-order valence-corrected chi connectivity index (χ2v) is 6.28. The van der Waals surface area contributed by atoms with Crippen molar-refractivity contribution in [2.24, 2.45) is 11.3 Å². The second-order valence-electron chi connectivity index (χ2n) is 6.28. The third-order valence-electron chi connectivity index (χ3n) is 3.15. The van der Waals surface area contributed by atoms with E-state index in [2.05, 4.69) is 30.8 Å². The van der Waals surface area contributed by atoms with E-state index >= 15 is 0 Å². The molecule has 1 aliphatic heterocycles. The van der Waals surface area contributed by atoms with E-state index < -0.39 is 18.0 Å². The van der Waals surface area contributed by atoms with Crippen molar-refractivity contribution in [2.45, 2.75) is 33.2 Å². The maximum Gasteiger partial charge on any atom is 0.409 e. The number of carbonyl (C=O) groups is 2. The monoisotopic (exact) mass is 272 g/mol. The Morgan fingerprint density at radius 1 is 1.37 bits per heavy atom. The fourth-order valence-corrected chi connectivity index (χ4v) is 2.15. The maximum atomic E-state index is 11.6. The summed E-state index contributed by atoms with van der Waals surface area (Å²) in [7, 11) is 1.31. The molecule has 2 unspecified atom stereocenters. The number of nitrogens with one attached hydrogen (secondary N) is 1. The van der Waals surface area contributed by atoms with Crippen molar-refractivity contribution < 1.29 is 19.4 Å². The first-order chi connectivity index (χ1) is 8.73. The number of methoxy groups -OCH3 is 1. The van der Waals surface area contributed by atoms with Gasteiger partial charge >= 0.3 is 12.1 Å². The Labute approximate surface area is 114 Å². The number of rotatable bonds is 3. The van der Waals surface area contributed by atoms with Crippen LogP contribution in [0, 0.1) is 11.3 Å². The zero-order valence-corrected chi connectivity index (χ0v) is 12.1. The van der Waals surface area contributed by atoms with E-state index in [9.17, 15) is 9.59 Å². The molecule has 6 nitrogen and oxygen atoms in total. The van der Waals surface area contributed by atoms with Crippen molar-refractivity contribution in [1.82, 2.24) is 10.2 Å². The number of hydrogen-bond acceptors (Lipinski definition) is 4. The predicted molar refractivity (Wildman–Crippen MR) is 71.0 cm³/mol. The van der Waals surface area contributed by atoms with E-state index in [1.54, 1.807) is 0 Å². The Kier molecular flexibility index (Phi) is 5.17. The quantitative estimate of drug-likeness (QED) is 0.806. The van der Waals surface area contributed by atoms with Crippen molar-refractivity contribution >= 4 is 12.1 Å². The van der Waals surface area contributed by atoms with Crippen LogP contribution in [0.3, 0.4) is 0 Å². The van der Waals surface area contributed by atoms with Gasteiger partial charge < -0.3 is 20.1 Å². The molecule has 2 N–H and O–H groups in total. The van der Waals surface area contributed by atoms with Crippen LogP contribution in [0.1, 0.15) is 27.2 Å². The van der Waals surface area contributed by atoms with E-state index in [4.69, 9.17) is 5.11 Å². The molecule has 19 heavy (non-hydrogen) atoms. The Morgan fingerprint density at radius 2 is 2.00 bits per heavy atom. The summed E-state index contributed by atoms with van der Waals surface area (Å²) >= 11 is 0. The molecule has 1 fully saturated rings. The number of nitrogens with zero attached hydrogens (tertiary/aromatic N) is 1. The smallest absolute Gasteiger partial charge is 0.409 e. The van der Waals surface area contributed by atoms with Crippen LogP contribution in [0.2, 0.25) is 0 Å². The van der Waals surface area contributed by atoms with Gasteiger partial charge in [0.15, 0.2) is 0 Å². The first kappa shape index (κ1) is 15.8. The molecule has 1 amide bonds. The third-order valence-corrected chi connectivity index (χ3v) is 3.15. The Morgan fingerprint density at radius 3 is 2.47 bits per heavy atom. The second kappa shape index (κ2) is 6.23. The summed E-state index contributed by atoms with van der Waals surface area (Å²) in [4.78, 5) is 24.2. The Bertz CT molecular complexity index is 338. The molecule has 6 heteroatoms. The first-order valence-electron chi connectivity index (χ1n) is 6.52. The maximum absolute atomic E-state index is 11.6. The molecular weight excluding hydrogens is 248 g/mol. The molecule has 0 bridgehead atoms. The number of ether oxygens (including phenoxy) is 1. The number of piperidine rings is 1. The average molecular weight is 272 g/mol. The van der Waals surface area contributed by atoms with Crippen molar-refractivity contribution in [3.63, 3.8) is 0 Å². The van der Waals surface area contributed by atoms with E-state index in [0.29, 0.717) is 13.0 Å². The lowest BCUT2D eigenvalue weighted by molar-refractivity contribution is -0.143. The highest BCUT2D eigenvalue weighted by molar-refractivity contribution is 5.73. The molecule has 0 aromatic carbocycles. The van der Waals surface area contributed by atoms with E-state index in [1.165, 1.54) is 12.0 Å². The first-order valence-corrected chi connectivity index (χ1v) is 6.52. The van der Waals surface area contributed by atoms with E-state index in [0.717, 1.165) is 6.54 Å². The van der Waals surface area contributed by atoms with Crippen LogP contribution in [-0.4, -0.2) is 54.9 Å². The van der Waals surface area contributed by atoms with Gasteiger partial charge in [0.05, 0.1) is 13.0 Å². The molecule has 110 valence electrons. The van der Waals surface area contributed by atoms with Crippen LogP contribution in [0.15, 0.2) is 0 Å². The molecule has 0 saturated carbocycles. The van der Waals surface area contributed by atoms with Gasteiger partial charge in [-0.1, -0.05) is 20.8 Å². The molecule has 0 aliphatic carbocycles. The summed E-state index contributed by atoms with van der Waals surface area (Å²) < 4.78 is 4.68. The van der Waals surface area contributed by atoms with Crippen LogP contribution >= 0.6 is 0 Å². The van der Waals surface area contributed by atoms with Crippen LogP contribution in [0.5, 0.6) is 0 Å². The number of amides is 1. The number of carboxylic acid groups (broad SMARTS) is 1. The summed E-state index contributed by atoms with van der Waals surface area (Å²) in [5.74, 6) is -1.40. The lowest BCUT2D eigenvalue weighted by Gasteiger charge is -2.36. The molecule has 1 rings (SSSR count). The zero-order valence-electron chi connectivity index (χ0n) is 12.1. The van der Waals surface area contributed by atoms with Gasteiger partial charge in [0.25, 0.3) is 0 Å². The molecule has 0 radical (unpaired) electrons. The van der Waals surface area contributed by atoms with Crippen molar-refractivity contribution in [3.05, 3.63) is 0 Å². The molecule has 0 aromatic heterocycles. The fourth-order valence-electron chi connectivity index (χ4n) is 2.15. The van der Waals surface area contributed by atoms with Gasteiger partial charge in [0, 0.05) is 25.7 Å². The highest BCUT2D eigenvalue weighted by Crippen LogP contribution is 2.19. The van der Waals surface area contributed by atoms with Crippen LogP contribution in [0.4, 0.5) is 4.79 Å². The summed E-state index contributed by atoms with van der Waals surface area (Å²) in [6.07, 6.45) is 0.0762. The summed E-state index contributed by atoms with van der Waals surface area (Å²) in [5.41, 5.74) is 0.117. The Hall–Kier alpha value is -1.30. The van der Waals surface area contributed by atoms with Crippen molar-refractivity contribution in [1.29, 1.82) is 0 Å². The minimum atomic E-state index is -0.865. The zero-order chi connectivity index (χ0) is 14.6. The summed E-state index contributed by atoms with van der Waals surface area (Å²) in [6, 6.07) is -0.00632. The van der Waals surface area contributed by atoms with Gasteiger partial charge in [-0.15, -0.1) is 0 Å². The molecule has 2 atom stereocenters. The lowest BCUT2D eigenvalue weighted by atomic mass is 9.92. The van der Waals surface area contributed by atoms with Gasteiger partial charge in [-0.3, -0.25) is 4.79 Å². The van der Waals surface area contributed by atoms with Gasteiger partial charge in [-0.05, 0) is 11.8 Å². The number of hydrogen-bond donors (Lipinski definition) is 2. The van der Waals surface area contributed by atoms with Crippen LogP contribution < -0.4 is 5.32 Å². The largest absolute Gasteiger partial charge is 0.481 e. The third kappa shape index (κ3) is 5.06. The topological polar surface area (TPSA) is 78.9 Å². The van der Waals surface area contributed by atoms with Gasteiger partial charge in [-0.2, -0.15) is 0 Å². The van der Waals surface area contributed by atoms with Crippen LogP contribution in [-0.2, 0) is 9.53 Å². The number of likely N-dealkylation sites (tertiary alicyclic amines) is 1. The highest BCUT2D eigenvalue weighted by Gasteiger charge is 2.34. The molecule has 1 aliphatic rings. The minimum absolute atomic E-state index is 0.00632. The highest BCUT2D eigenvalue weighted by atomic mass is 16.5. The standard InChI is InChI=1S/C13H24N2O4/c1-13(2,3)8-14-10-5-9(11(16)17)6-15(7-10)12(18)19-4/h9-10,14H,5-8H2,1-4H3,(H,16,17). The summed E-state index contributed by atoms with van der Waals surface area (Å²) in [6.45, 7) is 7.81. The van der Waals surface area contributed by atoms with E-state index in [1.807, 2.05) is 0 Å². The molecule has 0 aromatic rings. The lowest BCUT2D eigenvalue weighted by Crippen LogP contribution is -2.53. The predicted octanol–water partition coefficient (Wildman–Crippen LogP) is 1.16. The Balaban J connectivity index is 2.65. The van der Waals surface area contributed by atoms with Gasteiger partial charge in [0.1, 0.15) is 0 Å². The SMILES string of the molecule is COC(=O)N1CC(NCC(C)(C)C)CC(C(=O)O)C1. The molecule has 0 spiro atoms. The molecular formula is C13H24N2O4. The number of carbonyl (C=O) groups excluding carboxylic acids is 1. The normalized spacial score (nSPS) is 24.1. The van der Waals surface area contributed by atoms with Crippen LogP contribution in [0.25, 0.3) is 0 Å². The number of aliphatic carboxylic acids is 1. The minimum Gasteiger partial charge on any atom is -0.481 e.